The first kappa shape index (κ1) is 8.47. The summed E-state index contributed by atoms with van der Waals surface area (Å²) in [5.74, 6) is 0. The van der Waals surface area contributed by atoms with Gasteiger partial charge in [0.15, 0.2) is 0 Å². The summed E-state index contributed by atoms with van der Waals surface area (Å²) in [5, 5.41) is 0. The maximum atomic E-state index is 11.5. The molecule has 0 bridgehead atoms. The van der Waals surface area contributed by atoms with Gasteiger partial charge in [-0.15, -0.1) is 0 Å². The molecular formula is C7H14N2O2S. The normalized spacial score (nSPS) is 26.3. The fourth-order valence-electron chi connectivity index (χ4n) is 1.41. The van der Waals surface area contributed by atoms with Crippen molar-refractivity contribution in [3.63, 3.8) is 0 Å². The van der Waals surface area contributed by atoms with Crippen LogP contribution in [-0.2, 0) is 10.2 Å². The lowest BCUT2D eigenvalue weighted by Crippen LogP contribution is -2.39. The van der Waals surface area contributed by atoms with Crippen molar-refractivity contribution < 1.29 is 8.42 Å². The van der Waals surface area contributed by atoms with Crippen LogP contribution in [0.5, 0.6) is 0 Å². The van der Waals surface area contributed by atoms with Crippen molar-refractivity contribution in [3.05, 3.63) is 0 Å². The lowest BCUT2D eigenvalue weighted by Gasteiger charge is -2.15. The average molecular weight is 190 g/mol. The quantitative estimate of drug-likeness (QED) is 0.685. The molecule has 2 fully saturated rings. The molecule has 0 unspecified atom stereocenters. The number of hydrogen-bond donors (Lipinski definition) is 1. The summed E-state index contributed by atoms with van der Waals surface area (Å²) >= 11 is 0. The second-order valence-corrected chi connectivity index (χ2v) is 5.21. The van der Waals surface area contributed by atoms with E-state index in [2.05, 4.69) is 4.72 Å². The highest BCUT2D eigenvalue weighted by molar-refractivity contribution is 7.87. The molecule has 0 atom stereocenters. The second kappa shape index (κ2) is 2.97. The van der Waals surface area contributed by atoms with Crippen LogP contribution < -0.4 is 4.72 Å². The van der Waals surface area contributed by atoms with Gasteiger partial charge in [0.1, 0.15) is 0 Å². The fraction of sp³-hybridized carbons (Fsp3) is 1.00. The molecular weight excluding hydrogens is 176 g/mol. The van der Waals surface area contributed by atoms with Gasteiger partial charge in [-0.1, -0.05) is 0 Å². The monoisotopic (exact) mass is 190 g/mol. The molecule has 1 N–H and O–H groups in total. The summed E-state index contributed by atoms with van der Waals surface area (Å²) in [6.45, 7) is 1.39. The Labute approximate surface area is 73.1 Å². The summed E-state index contributed by atoms with van der Waals surface area (Å²) in [4.78, 5) is 0. The van der Waals surface area contributed by atoms with E-state index in [1.807, 2.05) is 0 Å². The van der Waals surface area contributed by atoms with Gasteiger partial charge in [0, 0.05) is 19.1 Å². The van der Waals surface area contributed by atoms with Crippen LogP contribution in [0.3, 0.4) is 0 Å². The van der Waals surface area contributed by atoms with E-state index in [0.29, 0.717) is 13.1 Å². The summed E-state index contributed by atoms with van der Waals surface area (Å²) in [6.07, 6.45) is 4.03. The zero-order valence-electron chi connectivity index (χ0n) is 6.99. The molecule has 0 aromatic carbocycles. The van der Waals surface area contributed by atoms with Crippen LogP contribution >= 0.6 is 0 Å². The van der Waals surface area contributed by atoms with Crippen molar-refractivity contribution in [2.45, 2.75) is 31.7 Å². The smallest absolute Gasteiger partial charge is 0.199 e. The Morgan fingerprint density at radius 3 is 2.25 bits per heavy atom. The minimum Gasteiger partial charge on any atom is -0.199 e. The van der Waals surface area contributed by atoms with Crippen LogP contribution in [0.1, 0.15) is 25.7 Å². The zero-order valence-corrected chi connectivity index (χ0v) is 7.81. The molecule has 0 aromatic rings. The lowest BCUT2D eigenvalue weighted by molar-refractivity contribution is 0.464. The third-order valence-corrected chi connectivity index (χ3v) is 3.97. The first-order valence-corrected chi connectivity index (χ1v) is 5.90. The standard InChI is InChI=1S/C7H14N2O2S/c10-12(11,8-7-3-4-7)9-5-1-2-6-9/h7-8H,1-6H2. The van der Waals surface area contributed by atoms with E-state index in [-0.39, 0.29) is 6.04 Å². The van der Waals surface area contributed by atoms with E-state index in [1.165, 1.54) is 0 Å². The first-order valence-electron chi connectivity index (χ1n) is 4.46. The maximum Gasteiger partial charge on any atom is 0.279 e. The molecule has 1 aliphatic carbocycles. The van der Waals surface area contributed by atoms with Gasteiger partial charge in [-0.05, 0) is 25.7 Å². The molecule has 5 heteroatoms. The van der Waals surface area contributed by atoms with Crippen LogP contribution in [0, 0.1) is 0 Å². The minimum atomic E-state index is -3.11. The summed E-state index contributed by atoms with van der Waals surface area (Å²) < 4.78 is 27.2. The highest BCUT2D eigenvalue weighted by Crippen LogP contribution is 2.21. The van der Waals surface area contributed by atoms with Crippen molar-refractivity contribution in [2.24, 2.45) is 0 Å². The van der Waals surface area contributed by atoms with Crippen LogP contribution in [0.15, 0.2) is 0 Å². The lowest BCUT2D eigenvalue weighted by atomic mass is 10.4. The third kappa shape index (κ3) is 1.78. The SMILES string of the molecule is O=S(=O)(NC1CC1)N1CCCC1. The van der Waals surface area contributed by atoms with Crippen molar-refractivity contribution in [2.75, 3.05) is 13.1 Å². The van der Waals surface area contributed by atoms with Crippen LogP contribution in [0.4, 0.5) is 0 Å². The number of nitrogens with zero attached hydrogens (tertiary/aromatic N) is 1. The van der Waals surface area contributed by atoms with Gasteiger partial charge in [-0.25, -0.2) is 0 Å². The van der Waals surface area contributed by atoms with Gasteiger partial charge in [0.05, 0.1) is 0 Å². The third-order valence-electron chi connectivity index (χ3n) is 2.30. The maximum absolute atomic E-state index is 11.5. The van der Waals surface area contributed by atoms with Crippen LogP contribution in [0.2, 0.25) is 0 Å². The van der Waals surface area contributed by atoms with E-state index < -0.39 is 10.2 Å². The van der Waals surface area contributed by atoms with Crippen molar-refractivity contribution in [3.8, 4) is 0 Å². The van der Waals surface area contributed by atoms with E-state index in [0.717, 1.165) is 25.7 Å². The van der Waals surface area contributed by atoms with Gasteiger partial charge in [-0.2, -0.15) is 17.4 Å². The van der Waals surface area contributed by atoms with Gasteiger partial charge in [0.25, 0.3) is 10.2 Å². The molecule has 1 heterocycles. The summed E-state index contributed by atoms with van der Waals surface area (Å²) in [7, 11) is -3.11. The Morgan fingerprint density at radius 1 is 1.17 bits per heavy atom. The Morgan fingerprint density at radius 2 is 1.75 bits per heavy atom. The van der Waals surface area contributed by atoms with E-state index in [1.54, 1.807) is 4.31 Å². The van der Waals surface area contributed by atoms with E-state index >= 15 is 0 Å². The Balaban J connectivity index is 1.97. The predicted molar refractivity (Wildman–Crippen MR) is 45.9 cm³/mol. The average Bonchev–Trinajstić information content (AvgIpc) is 2.67. The number of hydrogen-bond acceptors (Lipinski definition) is 2. The molecule has 0 radical (unpaired) electrons. The van der Waals surface area contributed by atoms with E-state index in [4.69, 9.17) is 0 Å². The fourth-order valence-corrected chi connectivity index (χ4v) is 2.96. The Hall–Kier alpha value is -0.130. The first-order chi connectivity index (χ1) is 5.68. The second-order valence-electron chi connectivity index (χ2n) is 3.50. The number of rotatable bonds is 3. The zero-order chi connectivity index (χ0) is 8.60. The molecule has 0 spiro atoms. The van der Waals surface area contributed by atoms with Crippen molar-refractivity contribution in [1.29, 1.82) is 0 Å². The molecule has 1 aliphatic heterocycles. The van der Waals surface area contributed by atoms with Gasteiger partial charge < -0.3 is 0 Å². The van der Waals surface area contributed by atoms with Gasteiger partial charge in [0.2, 0.25) is 0 Å². The molecule has 1 saturated heterocycles. The predicted octanol–water partition coefficient (Wildman–Crippen LogP) is 0.0790. The number of nitrogens with one attached hydrogen (secondary N) is 1. The van der Waals surface area contributed by atoms with E-state index in [9.17, 15) is 8.42 Å². The summed E-state index contributed by atoms with van der Waals surface area (Å²) in [5.41, 5.74) is 0. The molecule has 2 aliphatic rings. The topological polar surface area (TPSA) is 49.4 Å². The molecule has 0 aromatic heterocycles. The summed E-state index contributed by atoms with van der Waals surface area (Å²) in [6, 6.07) is 0.232. The largest absolute Gasteiger partial charge is 0.279 e. The highest BCUT2D eigenvalue weighted by atomic mass is 32.2. The molecule has 2 rings (SSSR count). The highest BCUT2D eigenvalue weighted by Gasteiger charge is 2.31. The van der Waals surface area contributed by atoms with Crippen LogP contribution in [0.25, 0.3) is 0 Å². The molecule has 0 amide bonds. The Bertz CT molecular complexity index is 253. The minimum absolute atomic E-state index is 0.232. The van der Waals surface area contributed by atoms with Crippen molar-refractivity contribution >= 4 is 10.2 Å². The van der Waals surface area contributed by atoms with Gasteiger partial charge in [-0.3, -0.25) is 0 Å². The van der Waals surface area contributed by atoms with Crippen molar-refractivity contribution in [1.82, 2.24) is 9.03 Å². The molecule has 12 heavy (non-hydrogen) atoms. The Kier molecular flexibility index (Phi) is 2.10. The van der Waals surface area contributed by atoms with Gasteiger partial charge >= 0.3 is 0 Å². The molecule has 4 nitrogen and oxygen atoms in total. The molecule has 1 saturated carbocycles. The molecule has 70 valence electrons. The van der Waals surface area contributed by atoms with Crippen LogP contribution in [-0.4, -0.2) is 31.9 Å².